The molecule has 0 N–H and O–H groups in total. The monoisotopic (exact) mass is 448 g/mol. The van der Waals surface area contributed by atoms with Gasteiger partial charge in [-0.1, -0.05) is 75.4 Å². The fourth-order valence-corrected chi connectivity index (χ4v) is 3.82. The molecule has 33 heavy (non-hydrogen) atoms. The minimum absolute atomic E-state index is 0.273. The number of carbonyl (C=O) groups excluding carboxylic acids is 1. The van der Waals surface area contributed by atoms with Crippen molar-refractivity contribution in [2.75, 3.05) is 6.61 Å². The van der Waals surface area contributed by atoms with Crippen LogP contribution in [-0.4, -0.2) is 12.9 Å². The van der Waals surface area contributed by atoms with Gasteiger partial charge in [0.15, 0.2) is 17.9 Å². The van der Waals surface area contributed by atoms with Crippen LogP contribution in [0.25, 0.3) is 11.1 Å². The van der Waals surface area contributed by atoms with Crippen LogP contribution in [0.4, 0.5) is 4.39 Å². The van der Waals surface area contributed by atoms with E-state index in [1.807, 2.05) is 49.4 Å². The molecule has 0 atom stereocenters. The number of benzene rings is 3. The lowest BCUT2D eigenvalue weighted by atomic mass is 9.97. The van der Waals surface area contributed by atoms with Crippen molar-refractivity contribution >= 4 is 6.29 Å². The molecule has 0 bridgehead atoms. The molecule has 0 aliphatic carbocycles. The molecule has 0 aliphatic rings. The molecule has 0 radical (unpaired) electrons. The summed E-state index contributed by atoms with van der Waals surface area (Å²) in [5, 5.41) is 0. The molecule has 3 aromatic carbocycles. The van der Waals surface area contributed by atoms with Gasteiger partial charge in [-0.3, -0.25) is 4.79 Å². The minimum Gasteiger partial charge on any atom is -0.491 e. The van der Waals surface area contributed by atoms with Crippen molar-refractivity contribution in [2.45, 2.75) is 59.0 Å². The third kappa shape index (κ3) is 7.18. The summed E-state index contributed by atoms with van der Waals surface area (Å²) in [7, 11) is 0. The Morgan fingerprint density at radius 3 is 2.33 bits per heavy atom. The summed E-state index contributed by atoms with van der Waals surface area (Å²) in [5.74, 6) is 0.373. The van der Waals surface area contributed by atoms with E-state index in [1.165, 1.54) is 31.7 Å². The predicted octanol–water partition coefficient (Wildman–Crippen LogP) is 7.93. The molecule has 0 saturated heterocycles. The van der Waals surface area contributed by atoms with Crippen LogP contribution in [0.5, 0.6) is 11.5 Å². The summed E-state index contributed by atoms with van der Waals surface area (Å²) in [6, 6.07) is 18.4. The highest BCUT2D eigenvalue weighted by atomic mass is 19.1. The standard InChI is InChI=1S/C29H33FO3/c1-3-4-5-6-7-11-16-32-28-15-14-24(18-27(28)30)26-19-29(25(20-31)17-22(26)2)33-21-23-12-9-8-10-13-23/h8-10,12-15,17-20H,3-7,11,16,21H2,1-2H3. The molecule has 3 nitrogen and oxygen atoms in total. The SMILES string of the molecule is CCCCCCCCOc1ccc(-c2cc(OCc3ccccc3)c(C=O)cc2C)cc1F. The molecular weight excluding hydrogens is 415 g/mol. The van der Waals surface area contributed by atoms with Crippen LogP contribution in [-0.2, 0) is 6.61 Å². The number of aldehydes is 1. The molecule has 3 aromatic rings. The number of hydrogen-bond acceptors (Lipinski definition) is 3. The highest BCUT2D eigenvalue weighted by Gasteiger charge is 2.13. The van der Waals surface area contributed by atoms with Gasteiger partial charge in [-0.05, 0) is 59.9 Å². The van der Waals surface area contributed by atoms with Crippen LogP contribution in [0.2, 0.25) is 0 Å². The Hall–Kier alpha value is -3.14. The summed E-state index contributed by atoms with van der Waals surface area (Å²) in [6.07, 6.45) is 7.77. The molecule has 0 amide bonds. The summed E-state index contributed by atoms with van der Waals surface area (Å²) >= 11 is 0. The van der Waals surface area contributed by atoms with Gasteiger partial charge in [-0.15, -0.1) is 0 Å². The lowest BCUT2D eigenvalue weighted by Crippen LogP contribution is -2.01. The van der Waals surface area contributed by atoms with Crippen molar-refractivity contribution in [2.24, 2.45) is 0 Å². The summed E-state index contributed by atoms with van der Waals surface area (Å²) in [4.78, 5) is 11.6. The first-order valence-electron chi connectivity index (χ1n) is 11.8. The third-order valence-corrected chi connectivity index (χ3v) is 5.72. The highest BCUT2D eigenvalue weighted by molar-refractivity contribution is 5.83. The van der Waals surface area contributed by atoms with Crippen molar-refractivity contribution in [1.29, 1.82) is 0 Å². The number of ether oxygens (including phenoxy) is 2. The number of hydrogen-bond donors (Lipinski definition) is 0. The lowest BCUT2D eigenvalue weighted by Gasteiger charge is -2.14. The fraction of sp³-hybridized carbons (Fsp3) is 0.345. The van der Waals surface area contributed by atoms with E-state index in [1.54, 1.807) is 12.1 Å². The number of unbranched alkanes of at least 4 members (excludes halogenated alkanes) is 5. The largest absolute Gasteiger partial charge is 0.491 e. The first-order valence-corrected chi connectivity index (χ1v) is 11.8. The molecule has 0 aliphatic heterocycles. The Morgan fingerprint density at radius 1 is 0.848 bits per heavy atom. The van der Waals surface area contributed by atoms with E-state index in [4.69, 9.17) is 9.47 Å². The minimum atomic E-state index is -0.385. The van der Waals surface area contributed by atoms with E-state index in [0.29, 0.717) is 24.5 Å². The first kappa shape index (κ1) is 24.5. The Labute approximate surface area is 196 Å². The van der Waals surface area contributed by atoms with Gasteiger partial charge in [0, 0.05) is 0 Å². The van der Waals surface area contributed by atoms with Crippen LogP contribution < -0.4 is 9.47 Å². The van der Waals surface area contributed by atoms with Gasteiger partial charge < -0.3 is 9.47 Å². The molecule has 0 aromatic heterocycles. The second kappa shape index (κ2) is 12.8. The summed E-state index contributed by atoms with van der Waals surface area (Å²) in [5.41, 5.74) is 3.91. The molecule has 0 saturated carbocycles. The van der Waals surface area contributed by atoms with Crippen LogP contribution in [0.1, 0.15) is 66.9 Å². The van der Waals surface area contributed by atoms with E-state index in [0.717, 1.165) is 41.4 Å². The maximum absolute atomic E-state index is 14.7. The van der Waals surface area contributed by atoms with Crippen LogP contribution in [0, 0.1) is 12.7 Å². The zero-order chi connectivity index (χ0) is 23.5. The average molecular weight is 449 g/mol. The van der Waals surface area contributed by atoms with Crippen LogP contribution in [0.15, 0.2) is 60.7 Å². The van der Waals surface area contributed by atoms with Crippen molar-refractivity contribution in [3.05, 3.63) is 83.2 Å². The Kier molecular flexibility index (Phi) is 9.49. The van der Waals surface area contributed by atoms with Gasteiger partial charge in [-0.25, -0.2) is 4.39 Å². The molecule has 0 spiro atoms. The van der Waals surface area contributed by atoms with Gasteiger partial charge >= 0.3 is 0 Å². The Morgan fingerprint density at radius 2 is 1.61 bits per heavy atom. The number of halogens is 1. The molecule has 0 unspecified atom stereocenters. The third-order valence-electron chi connectivity index (χ3n) is 5.72. The maximum atomic E-state index is 14.7. The molecule has 174 valence electrons. The first-order chi connectivity index (χ1) is 16.1. The topological polar surface area (TPSA) is 35.5 Å². The molecular formula is C29H33FO3. The van der Waals surface area contributed by atoms with Crippen LogP contribution in [0.3, 0.4) is 0 Å². The second-order valence-electron chi connectivity index (χ2n) is 8.36. The normalized spacial score (nSPS) is 10.8. The van der Waals surface area contributed by atoms with Crippen molar-refractivity contribution in [3.63, 3.8) is 0 Å². The van der Waals surface area contributed by atoms with Crippen LogP contribution >= 0.6 is 0 Å². The quantitative estimate of drug-likeness (QED) is 0.197. The van der Waals surface area contributed by atoms with E-state index in [-0.39, 0.29) is 11.6 Å². The van der Waals surface area contributed by atoms with Gasteiger partial charge in [0.1, 0.15) is 12.4 Å². The van der Waals surface area contributed by atoms with E-state index >= 15 is 0 Å². The Balaban J connectivity index is 1.68. The van der Waals surface area contributed by atoms with Crippen molar-refractivity contribution < 1.29 is 18.7 Å². The molecule has 3 rings (SSSR count). The smallest absolute Gasteiger partial charge is 0.165 e. The number of rotatable bonds is 13. The zero-order valence-corrected chi connectivity index (χ0v) is 19.6. The van der Waals surface area contributed by atoms with Gasteiger partial charge in [0.2, 0.25) is 0 Å². The molecule has 0 fully saturated rings. The zero-order valence-electron chi connectivity index (χ0n) is 19.6. The second-order valence-corrected chi connectivity index (χ2v) is 8.36. The van der Waals surface area contributed by atoms with E-state index < -0.39 is 0 Å². The Bertz CT molecular complexity index is 1030. The van der Waals surface area contributed by atoms with Gasteiger partial charge in [-0.2, -0.15) is 0 Å². The number of aryl methyl sites for hydroxylation is 1. The molecule has 0 heterocycles. The maximum Gasteiger partial charge on any atom is 0.165 e. The predicted molar refractivity (Wildman–Crippen MR) is 132 cm³/mol. The average Bonchev–Trinajstić information content (AvgIpc) is 2.84. The molecule has 4 heteroatoms. The fourth-order valence-electron chi connectivity index (χ4n) is 3.82. The van der Waals surface area contributed by atoms with Gasteiger partial charge in [0.25, 0.3) is 0 Å². The summed E-state index contributed by atoms with van der Waals surface area (Å²) in [6.45, 7) is 4.98. The number of carbonyl (C=O) groups is 1. The van der Waals surface area contributed by atoms with E-state index in [2.05, 4.69) is 6.92 Å². The highest BCUT2D eigenvalue weighted by Crippen LogP contribution is 2.33. The van der Waals surface area contributed by atoms with E-state index in [9.17, 15) is 9.18 Å². The lowest BCUT2D eigenvalue weighted by molar-refractivity contribution is 0.111. The van der Waals surface area contributed by atoms with Gasteiger partial charge in [0.05, 0.1) is 12.2 Å². The summed E-state index contributed by atoms with van der Waals surface area (Å²) < 4.78 is 26.3. The van der Waals surface area contributed by atoms with Crippen molar-refractivity contribution in [1.82, 2.24) is 0 Å². The van der Waals surface area contributed by atoms with Crippen molar-refractivity contribution in [3.8, 4) is 22.6 Å².